The molecule has 1 saturated heterocycles. The van der Waals surface area contributed by atoms with Gasteiger partial charge < -0.3 is 20.3 Å². The number of urea groups is 1. The molecule has 0 spiro atoms. The summed E-state index contributed by atoms with van der Waals surface area (Å²) in [6.07, 6.45) is 0. The quantitative estimate of drug-likeness (QED) is 0.900. The molecule has 2 N–H and O–H groups in total. The molecule has 0 bridgehead atoms. The summed E-state index contributed by atoms with van der Waals surface area (Å²) in [7, 11) is 1.35. The van der Waals surface area contributed by atoms with E-state index in [-0.39, 0.29) is 11.7 Å². The molecule has 3 amide bonds. The number of nitrogens with zero attached hydrogens (tertiary/aromatic N) is 1. The number of rotatable bonds is 3. The molecule has 1 unspecified atom stereocenters. The van der Waals surface area contributed by atoms with Crippen LogP contribution in [0.15, 0.2) is 48.5 Å². The summed E-state index contributed by atoms with van der Waals surface area (Å²) in [6, 6.07) is 12.0. The van der Waals surface area contributed by atoms with Gasteiger partial charge in [-0.15, -0.1) is 0 Å². The largest absolute Gasteiger partial charge is 0.494 e. The van der Waals surface area contributed by atoms with Crippen molar-refractivity contribution < 1.29 is 18.7 Å². The third kappa shape index (κ3) is 3.55. The van der Waals surface area contributed by atoms with Crippen molar-refractivity contribution in [1.82, 2.24) is 10.2 Å². The topological polar surface area (TPSA) is 70.7 Å². The lowest BCUT2D eigenvalue weighted by Gasteiger charge is -2.35. The minimum absolute atomic E-state index is 0.0359. The summed E-state index contributed by atoms with van der Waals surface area (Å²) in [5.74, 6) is -0.710. The number of carbonyl (C=O) groups excluding carboxylic acids is 2. The smallest absolute Gasteiger partial charge is 0.322 e. The average molecular weight is 343 g/mol. The van der Waals surface area contributed by atoms with Crippen LogP contribution in [-0.2, 0) is 4.79 Å². The van der Waals surface area contributed by atoms with Crippen LogP contribution in [0.3, 0.4) is 0 Å². The fourth-order valence-corrected chi connectivity index (χ4v) is 2.79. The molecule has 1 atom stereocenters. The van der Waals surface area contributed by atoms with Crippen molar-refractivity contribution in [2.75, 3.05) is 25.5 Å². The van der Waals surface area contributed by atoms with Gasteiger partial charge in [-0.05, 0) is 17.7 Å². The molecule has 2 aromatic rings. The Balaban J connectivity index is 1.83. The molecule has 6 nitrogen and oxygen atoms in total. The van der Waals surface area contributed by atoms with Crippen molar-refractivity contribution in [3.63, 3.8) is 0 Å². The first-order valence-electron chi connectivity index (χ1n) is 7.84. The van der Waals surface area contributed by atoms with Gasteiger partial charge in [-0.3, -0.25) is 4.79 Å². The summed E-state index contributed by atoms with van der Waals surface area (Å²) in [5, 5.41) is 5.47. The molecule has 25 heavy (non-hydrogen) atoms. The normalized spacial score (nSPS) is 17.0. The molecule has 130 valence electrons. The highest BCUT2D eigenvalue weighted by Gasteiger charge is 2.34. The van der Waals surface area contributed by atoms with Gasteiger partial charge in [0.25, 0.3) is 0 Å². The van der Waals surface area contributed by atoms with Gasteiger partial charge in [-0.1, -0.05) is 30.3 Å². The highest BCUT2D eigenvalue weighted by molar-refractivity contribution is 5.95. The number of methoxy groups -OCH3 is 1. The van der Waals surface area contributed by atoms with Crippen LogP contribution >= 0.6 is 0 Å². The number of piperazine rings is 1. The van der Waals surface area contributed by atoms with Gasteiger partial charge in [-0.25, -0.2) is 9.18 Å². The first-order valence-corrected chi connectivity index (χ1v) is 7.84. The van der Waals surface area contributed by atoms with Gasteiger partial charge >= 0.3 is 6.03 Å². The zero-order valence-electron chi connectivity index (χ0n) is 13.7. The van der Waals surface area contributed by atoms with E-state index in [2.05, 4.69) is 10.6 Å². The number of nitrogens with one attached hydrogen (secondary N) is 2. The van der Waals surface area contributed by atoms with E-state index in [4.69, 9.17) is 4.74 Å². The van der Waals surface area contributed by atoms with E-state index < -0.39 is 17.9 Å². The number of carbonyl (C=O) groups is 2. The molecule has 0 aromatic heterocycles. The molecule has 2 aromatic carbocycles. The first kappa shape index (κ1) is 16.8. The molecule has 0 saturated carbocycles. The summed E-state index contributed by atoms with van der Waals surface area (Å²) < 4.78 is 18.4. The molecule has 3 rings (SSSR count). The van der Waals surface area contributed by atoms with Crippen LogP contribution in [0.5, 0.6) is 5.75 Å². The van der Waals surface area contributed by atoms with Gasteiger partial charge in [0.05, 0.1) is 7.11 Å². The Bertz CT molecular complexity index is 782. The molecule has 1 aliphatic heterocycles. The van der Waals surface area contributed by atoms with Gasteiger partial charge in [-0.2, -0.15) is 0 Å². The Labute approximate surface area is 144 Å². The maximum Gasteiger partial charge on any atom is 0.322 e. The third-order valence-corrected chi connectivity index (χ3v) is 3.99. The van der Waals surface area contributed by atoms with Crippen molar-refractivity contribution in [1.29, 1.82) is 0 Å². The number of hydrogen-bond acceptors (Lipinski definition) is 3. The lowest BCUT2D eigenvalue weighted by atomic mass is 10.0. The molecule has 1 fully saturated rings. The molecule has 0 aliphatic carbocycles. The second-order valence-corrected chi connectivity index (χ2v) is 5.58. The number of ether oxygens (including phenoxy) is 1. The summed E-state index contributed by atoms with van der Waals surface area (Å²) in [5.41, 5.74) is 1.12. The Kier molecular flexibility index (Phi) is 4.83. The molecular formula is C18H18FN3O3. The van der Waals surface area contributed by atoms with Crippen LogP contribution in [0.25, 0.3) is 0 Å². The van der Waals surface area contributed by atoms with Crippen molar-refractivity contribution >= 4 is 17.6 Å². The standard InChI is InChI=1S/C18H18FN3O3/c1-25-15-11-13(7-8-14(15)19)21-18(24)22-10-9-20-17(23)16(22)12-5-3-2-4-6-12/h2-8,11,16H,9-10H2,1H3,(H,20,23)(H,21,24). The molecule has 1 heterocycles. The zero-order chi connectivity index (χ0) is 17.8. The predicted octanol–water partition coefficient (Wildman–Crippen LogP) is 2.54. The highest BCUT2D eigenvalue weighted by Crippen LogP contribution is 2.26. The second kappa shape index (κ2) is 7.21. The average Bonchev–Trinajstić information content (AvgIpc) is 2.63. The van der Waals surface area contributed by atoms with Crippen molar-refractivity contribution in [2.45, 2.75) is 6.04 Å². The van der Waals surface area contributed by atoms with Crippen LogP contribution < -0.4 is 15.4 Å². The third-order valence-electron chi connectivity index (χ3n) is 3.99. The lowest BCUT2D eigenvalue weighted by Crippen LogP contribution is -2.53. The van der Waals surface area contributed by atoms with Crippen LogP contribution in [0.4, 0.5) is 14.9 Å². The van der Waals surface area contributed by atoms with Crippen LogP contribution in [0.1, 0.15) is 11.6 Å². The van der Waals surface area contributed by atoms with Crippen molar-refractivity contribution in [2.24, 2.45) is 0 Å². The van der Waals surface area contributed by atoms with E-state index in [9.17, 15) is 14.0 Å². The number of amides is 3. The Morgan fingerprint density at radius 2 is 2.04 bits per heavy atom. The van der Waals surface area contributed by atoms with E-state index in [1.54, 1.807) is 12.1 Å². The van der Waals surface area contributed by atoms with Gasteiger partial charge in [0.2, 0.25) is 5.91 Å². The van der Waals surface area contributed by atoms with Crippen molar-refractivity contribution in [3.05, 3.63) is 59.9 Å². The van der Waals surface area contributed by atoms with Gasteiger partial charge in [0.1, 0.15) is 6.04 Å². The highest BCUT2D eigenvalue weighted by atomic mass is 19.1. The Hall–Kier alpha value is -3.09. The SMILES string of the molecule is COc1cc(NC(=O)N2CCNC(=O)C2c2ccccc2)ccc1F. The number of hydrogen-bond donors (Lipinski definition) is 2. The summed E-state index contributed by atoms with van der Waals surface area (Å²) in [4.78, 5) is 26.4. The summed E-state index contributed by atoms with van der Waals surface area (Å²) in [6.45, 7) is 0.748. The van der Waals surface area contributed by atoms with Gasteiger partial charge in [0.15, 0.2) is 11.6 Å². The maximum absolute atomic E-state index is 13.5. The predicted molar refractivity (Wildman–Crippen MR) is 90.9 cm³/mol. The molecular weight excluding hydrogens is 325 g/mol. The van der Waals surface area contributed by atoms with Crippen LogP contribution in [0, 0.1) is 5.82 Å². The molecule has 0 radical (unpaired) electrons. The second-order valence-electron chi connectivity index (χ2n) is 5.58. The van der Waals surface area contributed by atoms with E-state index in [0.717, 1.165) is 5.56 Å². The zero-order valence-corrected chi connectivity index (χ0v) is 13.7. The van der Waals surface area contributed by atoms with Crippen LogP contribution in [0.2, 0.25) is 0 Å². The number of halogens is 1. The Morgan fingerprint density at radius 1 is 1.28 bits per heavy atom. The lowest BCUT2D eigenvalue weighted by molar-refractivity contribution is -0.127. The van der Waals surface area contributed by atoms with E-state index in [1.807, 2.05) is 18.2 Å². The minimum atomic E-state index is -0.711. The molecule has 7 heteroatoms. The Morgan fingerprint density at radius 3 is 2.76 bits per heavy atom. The fourth-order valence-electron chi connectivity index (χ4n) is 2.79. The van der Waals surface area contributed by atoms with Crippen molar-refractivity contribution in [3.8, 4) is 5.75 Å². The fraction of sp³-hybridized carbons (Fsp3) is 0.222. The van der Waals surface area contributed by atoms with Crippen LogP contribution in [-0.4, -0.2) is 37.0 Å². The first-order chi connectivity index (χ1) is 12.1. The maximum atomic E-state index is 13.5. The number of anilines is 1. The summed E-state index contributed by atoms with van der Waals surface area (Å²) >= 11 is 0. The molecule has 1 aliphatic rings. The monoisotopic (exact) mass is 343 g/mol. The minimum Gasteiger partial charge on any atom is -0.494 e. The number of benzene rings is 2. The van der Waals surface area contributed by atoms with E-state index >= 15 is 0 Å². The van der Waals surface area contributed by atoms with E-state index in [1.165, 1.54) is 30.2 Å². The van der Waals surface area contributed by atoms with Gasteiger partial charge in [0, 0.05) is 24.8 Å². The van der Waals surface area contributed by atoms with E-state index in [0.29, 0.717) is 18.8 Å².